The lowest BCUT2D eigenvalue weighted by atomic mass is 10.3. The third kappa shape index (κ3) is 7.07. The van der Waals surface area contributed by atoms with E-state index in [1.54, 1.807) is 0 Å². The highest BCUT2D eigenvalue weighted by Gasteiger charge is 2.18. The van der Waals surface area contributed by atoms with Crippen LogP contribution >= 0.6 is 0 Å². The van der Waals surface area contributed by atoms with Gasteiger partial charge in [-0.15, -0.1) is 0 Å². The van der Waals surface area contributed by atoms with Crippen LogP contribution in [-0.4, -0.2) is 59.8 Å². The number of sulfone groups is 1. The second-order valence-corrected chi connectivity index (χ2v) is 9.13. The fourth-order valence-electron chi connectivity index (χ4n) is 1.95. The molecule has 0 heterocycles. The minimum atomic E-state index is -3.76. The van der Waals surface area contributed by atoms with Gasteiger partial charge in [0, 0.05) is 6.54 Å². The van der Waals surface area contributed by atoms with Crippen LogP contribution in [0.4, 0.5) is 11.4 Å². The SMILES string of the molecule is [C-]#[N+]c1ccc(S(=O)(=O)CCCS(=O)(=O)NCCOCCO)cc1[N+]#[C-]. The molecule has 0 spiro atoms. The third-order valence-electron chi connectivity index (χ3n) is 3.18. The van der Waals surface area contributed by atoms with Gasteiger partial charge in [0.15, 0.2) is 21.2 Å². The molecule has 0 bridgehead atoms. The van der Waals surface area contributed by atoms with E-state index in [1.807, 2.05) is 0 Å². The van der Waals surface area contributed by atoms with E-state index in [1.165, 1.54) is 12.1 Å². The van der Waals surface area contributed by atoms with Crippen LogP contribution in [-0.2, 0) is 24.6 Å². The van der Waals surface area contributed by atoms with Gasteiger partial charge in [0.2, 0.25) is 10.0 Å². The summed E-state index contributed by atoms with van der Waals surface area (Å²) in [4.78, 5) is 6.15. The Kier molecular flexibility index (Phi) is 8.65. The maximum Gasteiger partial charge on any atom is 0.211 e. The third-order valence-corrected chi connectivity index (χ3v) is 6.45. The van der Waals surface area contributed by atoms with Crippen LogP contribution in [0.3, 0.4) is 0 Å². The van der Waals surface area contributed by atoms with Crippen molar-refractivity contribution in [1.29, 1.82) is 0 Å². The average Bonchev–Trinajstić information content (AvgIpc) is 2.60. The molecule has 9 nitrogen and oxygen atoms in total. The first-order valence-electron chi connectivity index (χ1n) is 7.53. The van der Waals surface area contributed by atoms with E-state index < -0.39 is 25.6 Å². The first-order chi connectivity index (χ1) is 12.3. The fourth-order valence-corrected chi connectivity index (χ4v) is 4.52. The Hall–Kier alpha value is -2.02. The van der Waals surface area contributed by atoms with Crippen LogP contribution in [0.2, 0.25) is 0 Å². The summed E-state index contributed by atoms with van der Waals surface area (Å²) < 4.78 is 55.3. The van der Waals surface area contributed by atoms with E-state index in [9.17, 15) is 16.8 Å². The van der Waals surface area contributed by atoms with Gasteiger partial charge in [0.1, 0.15) is 0 Å². The molecule has 142 valence electrons. The molecule has 26 heavy (non-hydrogen) atoms. The van der Waals surface area contributed by atoms with Crippen molar-refractivity contribution >= 4 is 31.2 Å². The van der Waals surface area contributed by atoms with E-state index in [-0.39, 0.29) is 54.8 Å². The molecule has 0 unspecified atom stereocenters. The number of sulfonamides is 1. The van der Waals surface area contributed by atoms with E-state index >= 15 is 0 Å². The molecule has 0 saturated heterocycles. The number of rotatable bonds is 11. The summed E-state index contributed by atoms with van der Waals surface area (Å²) in [5.74, 6) is -0.772. The lowest BCUT2D eigenvalue weighted by molar-refractivity contribution is 0.0961. The van der Waals surface area contributed by atoms with E-state index in [4.69, 9.17) is 23.0 Å². The normalized spacial score (nSPS) is 11.7. The van der Waals surface area contributed by atoms with Crippen LogP contribution in [0.15, 0.2) is 23.1 Å². The molecule has 0 aliphatic rings. The molecule has 0 aromatic heterocycles. The minimum absolute atomic E-state index is 0.0293. The number of hydrogen-bond acceptors (Lipinski definition) is 6. The Bertz CT molecular complexity index is 898. The molecule has 0 radical (unpaired) electrons. The highest BCUT2D eigenvalue weighted by atomic mass is 32.2. The van der Waals surface area contributed by atoms with Gasteiger partial charge in [0.05, 0.1) is 49.4 Å². The van der Waals surface area contributed by atoms with Crippen LogP contribution in [0.25, 0.3) is 9.69 Å². The van der Waals surface area contributed by atoms with Gasteiger partial charge in [-0.3, -0.25) is 9.69 Å². The molecular weight excluding hydrogens is 382 g/mol. The molecule has 0 fully saturated rings. The number of aliphatic hydroxyl groups is 1. The predicted octanol–water partition coefficient (Wildman–Crippen LogP) is 0.880. The largest absolute Gasteiger partial charge is 0.394 e. The van der Waals surface area contributed by atoms with Crippen molar-refractivity contribution in [3.05, 3.63) is 41.0 Å². The molecule has 0 atom stereocenters. The van der Waals surface area contributed by atoms with Crippen LogP contribution in [0, 0.1) is 13.1 Å². The summed E-state index contributed by atoms with van der Waals surface area (Å²) in [6.45, 7) is 14.0. The number of nitrogens with one attached hydrogen (secondary N) is 1. The highest BCUT2D eigenvalue weighted by molar-refractivity contribution is 7.91. The monoisotopic (exact) mass is 401 g/mol. The Labute approximate surface area is 153 Å². The maximum atomic E-state index is 12.3. The summed E-state index contributed by atoms with van der Waals surface area (Å²) >= 11 is 0. The van der Waals surface area contributed by atoms with Crippen molar-refractivity contribution in [3.8, 4) is 0 Å². The number of benzene rings is 1. The number of ether oxygens (including phenoxy) is 1. The van der Waals surface area contributed by atoms with Gasteiger partial charge in [0.25, 0.3) is 0 Å². The van der Waals surface area contributed by atoms with E-state index in [0.29, 0.717) is 0 Å². The lowest BCUT2D eigenvalue weighted by Crippen LogP contribution is -2.30. The van der Waals surface area contributed by atoms with Crippen molar-refractivity contribution in [2.24, 2.45) is 0 Å². The average molecular weight is 401 g/mol. The summed E-state index contributed by atoms with van der Waals surface area (Å²) in [5.41, 5.74) is 0.00684. The smallest absolute Gasteiger partial charge is 0.211 e. The van der Waals surface area contributed by atoms with Gasteiger partial charge < -0.3 is 9.84 Å². The number of hydrogen-bond donors (Lipinski definition) is 2. The quantitative estimate of drug-likeness (QED) is 0.420. The van der Waals surface area contributed by atoms with Gasteiger partial charge in [-0.1, -0.05) is 12.1 Å². The summed E-state index contributed by atoms with van der Waals surface area (Å²) in [6.07, 6.45) is -0.118. The molecular formula is C15H19N3O6S2. The zero-order valence-corrected chi connectivity index (χ0v) is 15.5. The Balaban J connectivity index is 2.61. The van der Waals surface area contributed by atoms with Crippen molar-refractivity contribution in [3.63, 3.8) is 0 Å². The van der Waals surface area contributed by atoms with Gasteiger partial charge in [-0.05, 0) is 12.5 Å². The summed E-state index contributed by atoms with van der Waals surface area (Å²) in [5, 5.41) is 8.52. The number of nitrogens with zero attached hydrogens (tertiary/aromatic N) is 2. The zero-order valence-electron chi connectivity index (χ0n) is 13.9. The van der Waals surface area contributed by atoms with Crippen LogP contribution < -0.4 is 4.72 Å². The minimum Gasteiger partial charge on any atom is -0.394 e. The molecule has 1 rings (SSSR count). The second-order valence-electron chi connectivity index (χ2n) is 5.10. The topological polar surface area (TPSA) is 118 Å². The highest BCUT2D eigenvalue weighted by Crippen LogP contribution is 2.31. The first-order valence-corrected chi connectivity index (χ1v) is 10.8. The van der Waals surface area contributed by atoms with Gasteiger partial charge >= 0.3 is 0 Å². The molecule has 0 aliphatic carbocycles. The van der Waals surface area contributed by atoms with Gasteiger partial charge in [-0.2, -0.15) is 0 Å². The van der Waals surface area contributed by atoms with Crippen molar-refractivity contribution in [2.75, 3.05) is 37.9 Å². The molecule has 11 heteroatoms. The second kappa shape index (κ2) is 10.2. The van der Waals surface area contributed by atoms with Crippen LogP contribution in [0.5, 0.6) is 0 Å². The van der Waals surface area contributed by atoms with Crippen molar-refractivity contribution < 1.29 is 26.7 Å². The molecule has 0 amide bonds. The molecule has 1 aromatic rings. The van der Waals surface area contributed by atoms with Crippen LogP contribution in [0.1, 0.15) is 6.42 Å². The molecule has 1 aromatic carbocycles. The lowest BCUT2D eigenvalue weighted by Gasteiger charge is -2.08. The first kappa shape index (κ1) is 22.0. The number of aliphatic hydroxyl groups excluding tert-OH is 1. The van der Waals surface area contributed by atoms with Gasteiger partial charge in [-0.25, -0.2) is 21.6 Å². The standard InChI is InChI=1S/C15H19N3O6S2/c1-16-14-5-4-13(12-15(14)17-2)25(20,21)10-3-11-26(22,23)18-6-8-24-9-7-19/h4-5,12,18-19H,3,6-11H2. The molecule has 2 N–H and O–H groups in total. The Morgan fingerprint density at radius 1 is 1.04 bits per heavy atom. The molecule has 0 saturated carbocycles. The van der Waals surface area contributed by atoms with Crippen molar-refractivity contribution in [2.45, 2.75) is 11.3 Å². The molecule has 0 aliphatic heterocycles. The van der Waals surface area contributed by atoms with E-state index in [0.717, 1.165) is 6.07 Å². The zero-order chi connectivity index (χ0) is 19.6. The Morgan fingerprint density at radius 3 is 2.35 bits per heavy atom. The summed E-state index contributed by atoms with van der Waals surface area (Å²) in [6, 6.07) is 3.63. The maximum absolute atomic E-state index is 12.3. The van der Waals surface area contributed by atoms with Crippen molar-refractivity contribution in [1.82, 2.24) is 4.72 Å². The summed E-state index contributed by atoms with van der Waals surface area (Å²) in [7, 11) is -7.41. The predicted molar refractivity (Wildman–Crippen MR) is 95.3 cm³/mol. The fraction of sp³-hybridized carbons (Fsp3) is 0.467. The van der Waals surface area contributed by atoms with E-state index in [2.05, 4.69) is 14.4 Å². The Morgan fingerprint density at radius 2 is 1.73 bits per heavy atom.